The van der Waals surface area contributed by atoms with Crippen LogP contribution in [0.25, 0.3) is 0 Å². The number of esters is 1. The Bertz CT molecular complexity index is 1320. The summed E-state index contributed by atoms with van der Waals surface area (Å²) in [6.07, 6.45) is 2.27. The molecule has 1 heterocycles. The second-order valence-electron chi connectivity index (χ2n) is 8.53. The van der Waals surface area contributed by atoms with Gasteiger partial charge in [0.1, 0.15) is 0 Å². The molecule has 0 fully saturated rings. The number of anilines is 2. The van der Waals surface area contributed by atoms with E-state index in [1.165, 1.54) is 4.31 Å². The van der Waals surface area contributed by atoms with Crippen LogP contribution in [-0.4, -0.2) is 32.9 Å². The highest BCUT2D eigenvalue weighted by atomic mass is 32.2. The monoisotopic (exact) mass is 492 g/mol. The number of carbonyl (C=O) groups excluding carboxylic acids is 2. The minimum atomic E-state index is -3.71. The zero-order valence-electron chi connectivity index (χ0n) is 19.7. The molecule has 182 valence electrons. The molecule has 1 amide bonds. The fourth-order valence-corrected chi connectivity index (χ4v) is 5.82. The quantitative estimate of drug-likeness (QED) is 0.351. The van der Waals surface area contributed by atoms with Gasteiger partial charge >= 0.3 is 5.97 Å². The van der Waals surface area contributed by atoms with E-state index >= 15 is 0 Å². The number of carbonyl (C=O) groups is 2. The minimum Gasteiger partial charge on any atom is -0.462 e. The van der Waals surface area contributed by atoms with E-state index in [1.807, 2.05) is 13.8 Å². The number of amides is 1. The van der Waals surface area contributed by atoms with Gasteiger partial charge in [-0.2, -0.15) is 0 Å². The van der Waals surface area contributed by atoms with Crippen LogP contribution in [0.5, 0.6) is 0 Å². The topological polar surface area (TPSA) is 92.8 Å². The molecule has 0 bridgehead atoms. The lowest BCUT2D eigenvalue weighted by Crippen LogP contribution is -2.35. The lowest BCUT2D eigenvalue weighted by molar-refractivity contribution is 0.0499. The number of benzene rings is 3. The zero-order chi connectivity index (χ0) is 25.0. The van der Waals surface area contributed by atoms with Crippen LogP contribution in [0.3, 0.4) is 0 Å². The van der Waals surface area contributed by atoms with E-state index in [1.54, 1.807) is 72.8 Å². The molecule has 0 aromatic heterocycles. The van der Waals surface area contributed by atoms with Crippen molar-refractivity contribution in [2.75, 3.05) is 16.2 Å². The summed E-state index contributed by atoms with van der Waals surface area (Å²) >= 11 is 0. The largest absolute Gasteiger partial charge is 0.462 e. The molecule has 35 heavy (non-hydrogen) atoms. The molecule has 1 aliphatic rings. The Balaban J connectivity index is 1.48. The lowest BCUT2D eigenvalue weighted by atomic mass is 10.1. The predicted molar refractivity (Wildman–Crippen MR) is 135 cm³/mol. The summed E-state index contributed by atoms with van der Waals surface area (Å²) in [5.74, 6) is -0.706. The molecule has 0 spiro atoms. The third-order valence-electron chi connectivity index (χ3n) is 5.90. The number of nitrogens with one attached hydrogen (secondary N) is 1. The van der Waals surface area contributed by atoms with Crippen LogP contribution in [0.4, 0.5) is 11.4 Å². The highest BCUT2D eigenvalue weighted by Crippen LogP contribution is 2.37. The molecule has 0 aliphatic carbocycles. The van der Waals surface area contributed by atoms with Crippen LogP contribution in [0.1, 0.15) is 53.0 Å². The Hall–Kier alpha value is -3.65. The number of unbranched alkanes of at least 4 members (excludes halogenated alkanes) is 1. The minimum absolute atomic E-state index is 0.235. The summed E-state index contributed by atoms with van der Waals surface area (Å²) in [4.78, 5) is 25.1. The number of ether oxygens (including phenoxy) is 1. The summed E-state index contributed by atoms with van der Waals surface area (Å²) in [7, 11) is -3.71. The van der Waals surface area contributed by atoms with Gasteiger partial charge in [-0.05, 0) is 79.9 Å². The Morgan fingerprint density at radius 1 is 1.00 bits per heavy atom. The molecule has 1 atom stereocenters. The van der Waals surface area contributed by atoms with E-state index in [0.29, 0.717) is 35.5 Å². The standard InChI is InChI=1S/C27H28N2O5S/c1-3-4-16-34-27(31)20-10-13-23(14-11-20)28-26(30)21-12-15-25-22(18-21)17-19(2)29(25)35(32,33)24-8-6-5-7-9-24/h5-15,18-19H,3-4,16-17H2,1-2H3,(H,28,30)/t19-/m1/s1. The van der Waals surface area contributed by atoms with Crippen molar-refractivity contribution < 1.29 is 22.7 Å². The zero-order valence-corrected chi connectivity index (χ0v) is 20.5. The van der Waals surface area contributed by atoms with E-state index in [9.17, 15) is 18.0 Å². The maximum Gasteiger partial charge on any atom is 0.338 e. The predicted octanol–water partition coefficient (Wildman–Crippen LogP) is 5.04. The molecule has 0 saturated carbocycles. The summed E-state index contributed by atoms with van der Waals surface area (Å²) in [5, 5.41) is 2.82. The molecule has 1 N–H and O–H groups in total. The number of fused-ring (bicyclic) bond motifs is 1. The van der Waals surface area contributed by atoms with Crippen LogP contribution >= 0.6 is 0 Å². The molecule has 1 aliphatic heterocycles. The average molecular weight is 493 g/mol. The summed E-state index contributed by atoms with van der Waals surface area (Å²) in [5.41, 5.74) is 2.78. The highest BCUT2D eigenvalue weighted by Gasteiger charge is 2.36. The molecule has 7 nitrogen and oxygen atoms in total. The van der Waals surface area contributed by atoms with E-state index in [4.69, 9.17) is 4.74 Å². The van der Waals surface area contributed by atoms with Gasteiger partial charge in [0, 0.05) is 17.3 Å². The van der Waals surface area contributed by atoms with Gasteiger partial charge in [0.05, 0.1) is 22.8 Å². The number of sulfonamides is 1. The second-order valence-corrected chi connectivity index (χ2v) is 10.3. The van der Waals surface area contributed by atoms with Crippen molar-refractivity contribution in [1.82, 2.24) is 0 Å². The highest BCUT2D eigenvalue weighted by molar-refractivity contribution is 7.92. The third-order valence-corrected chi connectivity index (χ3v) is 7.85. The SMILES string of the molecule is CCCCOC(=O)c1ccc(NC(=O)c2ccc3c(c2)C[C@@H](C)N3S(=O)(=O)c2ccccc2)cc1. The molecular formula is C27H28N2O5S. The maximum atomic E-state index is 13.2. The normalized spacial score (nSPS) is 14.9. The van der Waals surface area contributed by atoms with Crippen molar-refractivity contribution in [2.24, 2.45) is 0 Å². The molecule has 0 radical (unpaired) electrons. The first-order valence-corrected chi connectivity index (χ1v) is 13.1. The van der Waals surface area contributed by atoms with Crippen molar-refractivity contribution in [1.29, 1.82) is 0 Å². The summed E-state index contributed by atoms with van der Waals surface area (Å²) in [6, 6.07) is 19.6. The molecule has 4 rings (SSSR count). The van der Waals surface area contributed by atoms with Crippen molar-refractivity contribution >= 4 is 33.3 Å². The Kier molecular flexibility index (Phi) is 7.21. The second kappa shape index (κ2) is 10.3. The fourth-order valence-electron chi connectivity index (χ4n) is 4.10. The lowest BCUT2D eigenvalue weighted by Gasteiger charge is -2.24. The average Bonchev–Trinajstić information content (AvgIpc) is 3.20. The molecular weight excluding hydrogens is 464 g/mol. The van der Waals surface area contributed by atoms with Crippen LogP contribution in [0.15, 0.2) is 77.7 Å². The number of hydrogen-bond acceptors (Lipinski definition) is 5. The summed E-state index contributed by atoms with van der Waals surface area (Å²) < 4.78 is 33.1. The van der Waals surface area contributed by atoms with Crippen molar-refractivity contribution in [2.45, 2.75) is 44.0 Å². The van der Waals surface area contributed by atoms with Gasteiger partial charge in [-0.15, -0.1) is 0 Å². The first-order chi connectivity index (χ1) is 16.8. The number of nitrogens with zero attached hydrogens (tertiary/aromatic N) is 1. The van der Waals surface area contributed by atoms with Crippen molar-refractivity contribution in [3.8, 4) is 0 Å². The van der Waals surface area contributed by atoms with Gasteiger partial charge in [0.15, 0.2) is 0 Å². The number of rotatable bonds is 8. The van der Waals surface area contributed by atoms with Crippen molar-refractivity contribution in [3.63, 3.8) is 0 Å². The Labute approximate surface area is 205 Å². The van der Waals surface area contributed by atoms with Crippen LogP contribution < -0.4 is 9.62 Å². The van der Waals surface area contributed by atoms with Gasteiger partial charge < -0.3 is 10.1 Å². The first-order valence-electron chi connectivity index (χ1n) is 11.6. The maximum absolute atomic E-state index is 13.2. The first kappa shape index (κ1) is 24.5. The third kappa shape index (κ3) is 5.22. The fraction of sp³-hybridized carbons (Fsp3) is 0.259. The van der Waals surface area contributed by atoms with Gasteiger partial charge in [-0.25, -0.2) is 13.2 Å². The van der Waals surface area contributed by atoms with Gasteiger partial charge in [0.25, 0.3) is 15.9 Å². The van der Waals surface area contributed by atoms with Gasteiger partial charge in [-0.3, -0.25) is 9.10 Å². The molecule has 3 aromatic rings. The molecule has 0 unspecified atom stereocenters. The summed E-state index contributed by atoms with van der Waals surface area (Å²) in [6.45, 7) is 4.26. The Morgan fingerprint density at radius 3 is 2.37 bits per heavy atom. The smallest absolute Gasteiger partial charge is 0.338 e. The van der Waals surface area contributed by atoms with Gasteiger partial charge in [-0.1, -0.05) is 31.5 Å². The molecule has 0 saturated heterocycles. The van der Waals surface area contributed by atoms with Gasteiger partial charge in [0.2, 0.25) is 0 Å². The van der Waals surface area contributed by atoms with E-state index in [0.717, 1.165) is 18.4 Å². The molecule has 8 heteroatoms. The van der Waals surface area contributed by atoms with Crippen LogP contribution in [0, 0.1) is 0 Å². The van der Waals surface area contributed by atoms with E-state index in [2.05, 4.69) is 5.32 Å². The Morgan fingerprint density at radius 2 is 1.69 bits per heavy atom. The van der Waals surface area contributed by atoms with Crippen LogP contribution in [-0.2, 0) is 21.2 Å². The molecule has 3 aromatic carbocycles. The van der Waals surface area contributed by atoms with Crippen LogP contribution in [0.2, 0.25) is 0 Å². The van der Waals surface area contributed by atoms with Crippen molar-refractivity contribution in [3.05, 3.63) is 89.5 Å². The van der Waals surface area contributed by atoms with E-state index in [-0.39, 0.29) is 22.8 Å². The van der Waals surface area contributed by atoms with E-state index < -0.39 is 10.0 Å². The number of hydrogen-bond donors (Lipinski definition) is 1.